The number of nitrogens with zero attached hydrogens (tertiary/aromatic N) is 1. The summed E-state index contributed by atoms with van der Waals surface area (Å²) in [5.74, 6) is -0.218. The molecule has 26 heavy (non-hydrogen) atoms. The topological polar surface area (TPSA) is 44.8 Å². The van der Waals surface area contributed by atoms with Crippen molar-refractivity contribution in [3.63, 3.8) is 0 Å². The average molecular weight is 375 g/mol. The number of likely N-dealkylation sites (N-methyl/N-ethyl adjacent to an activating group) is 1. The normalized spacial score (nSPS) is 13.0. The molecule has 0 saturated carbocycles. The fourth-order valence-electron chi connectivity index (χ4n) is 2.86. The first-order chi connectivity index (χ1) is 12.4. The predicted octanol–water partition coefficient (Wildman–Crippen LogP) is 4.19. The summed E-state index contributed by atoms with van der Waals surface area (Å²) in [6, 6.07) is 0. The fraction of sp³-hybridized carbons (Fsp3) is 0.952. The first-order valence-electron chi connectivity index (χ1n) is 10.6. The SMILES string of the molecule is CCCCCCOCC(C[N+](C)(C)CCOC(C)=O)OCCCCCC. The van der Waals surface area contributed by atoms with Crippen molar-refractivity contribution in [2.75, 3.05) is 53.6 Å². The Morgan fingerprint density at radius 2 is 1.50 bits per heavy atom. The highest BCUT2D eigenvalue weighted by Crippen LogP contribution is 2.08. The lowest BCUT2D eigenvalue weighted by Crippen LogP contribution is -2.49. The van der Waals surface area contributed by atoms with Gasteiger partial charge in [-0.2, -0.15) is 0 Å². The molecule has 0 bridgehead atoms. The van der Waals surface area contributed by atoms with Crippen LogP contribution in [-0.4, -0.2) is 70.2 Å². The lowest BCUT2D eigenvalue weighted by molar-refractivity contribution is -0.893. The number of hydrogen-bond donors (Lipinski definition) is 0. The van der Waals surface area contributed by atoms with Crippen molar-refractivity contribution < 1.29 is 23.5 Å². The zero-order valence-electron chi connectivity index (χ0n) is 18.1. The van der Waals surface area contributed by atoms with Crippen LogP contribution in [0, 0.1) is 0 Å². The lowest BCUT2D eigenvalue weighted by Gasteiger charge is -2.33. The minimum absolute atomic E-state index is 0.0927. The van der Waals surface area contributed by atoms with Crippen LogP contribution in [0.5, 0.6) is 0 Å². The van der Waals surface area contributed by atoms with Crippen LogP contribution >= 0.6 is 0 Å². The molecule has 0 aliphatic rings. The number of hydrogen-bond acceptors (Lipinski definition) is 4. The zero-order valence-corrected chi connectivity index (χ0v) is 18.1. The van der Waals surface area contributed by atoms with Crippen LogP contribution in [0.3, 0.4) is 0 Å². The molecular weight excluding hydrogens is 330 g/mol. The van der Waals surface area contributed by atoms with E-state index in [2.05, 4.69) is 27.9 Å². The first-order valence-corrected chi connectivity index (χ1v) is 10.6. The summed E-state index contributed by atoms with van der Waals surface area (Å²) in [4.78, 5) is 11.0. The van der Waals surface area contributed by atoms with Crippen molar-refractivity contribution in [1.29, 1.82) is 0 Å². The van der Waals surface area contributed by atoms with Gasteiger partial charge >= 0.3 is 5.97 Å². The number of quaternary nitrogens is 1. The summed E-state index contributed by atoms with van der Waals surface area (Å²) >= 11 is 0. The summed E-state index contributed by atoms with van der Waals surface area (Å²) in [7, 11) is 4.30. The molecule has 0 amide bonds. The van der Waals surface area contributed by atoms with E-state index in [-0.39, 0.29) is 12.1 Å². The molecular formula is C21H44NO4+. The Labute approximate surface area is 162 Å². The number of rotatable bonds is 18. The smallest absolute Gasteiger partial charge is 0.302 e. The number of carbonyl (C=O) groups is 1. The van der Waals surface area contributed by atoms with E-state index in [1.807, 2.05) is 0 Å². The van der Waals surface area contributed by atoms with E-state index in [0.29, 0.717) is 13.2 Å². The van der Waals surface area contributed by atoms with E-state index in [4.69, 9.17) is 14.2 Å². The van der Waals surface area contributed by atoms with E-state index in [0.717, 1.165) is 43.6 Å². The summed E-state index contributed by atoms with van der Waals surface area (Å²) < 4.78 is 17.9. The third-order valence-electron chi connectivity index (χ3n) is 4.50. The molecule has 0 aromatic heterocycles. The highest BCUT2D eigenvalue weighted by molar-refractivity contribution is 5.65. The Bertz CT molecular complexity index is 334. The molecule has 0 rings (SSSR count). The molecule has 156 valence electrons. The van der Waals surface area contributed by atoms with E-state index in [1.165, 1.54) is 45.4 Å². The Balaban J connectivity index is 4.24. The Morgan fingerprint density at radius 3 is 2.08 bits per heavy atom. The monoisotopic (exact) mass is 374 g/mol. The molecule has 5 heteroatoms. The van der Waals surface area contributed by atoms with Gasteiger partial charge in [-0.1, -0.05) is 52.4 Å². The molecule has 1 unspecified atom stereocenters. The van der Waals surface area contributed by atoms with Gasteiger partial charge in [-0.15, -0.1) is 0 Å². The molecule has 1 atom stereocenters. The predicted molar refractivity (Wildman–Crippen MR) is 107 cm³/mol. The van der Waals surface area contributed by atoms with Crippen molar-refractivity contribution in [3.05, 3.63) is 0 Å². The van der Waals surface area contributed by atoms with Gasteiger partial charge in [-0.3, -0.25) is 4.79 Å². The van der Waals surface area contributed by atoms with Crippen molar-refractivity contribution in [3.8, 4) is 0 Å². The van der Waals surface area contributed by atoms with E-state index >= 15 is 0 Å². The second-order valence-electron chi connectivity index (χ2n) is 7.87. The lowest BCUT2D eigenvalue weighted by atomic mass is 10.2. The molecule has 0 fully saturated rings. The number of unbranched alkanes of at least 4 members (excludes halogenated alkanes) is 6. The van der Waals surface area contributed by atoms with Gasteiger partial charge in [-0.25, -0.2) is 0 Å². The maximum Gasteiger partial charge on any atom is 0.302 e. The summed E-state index contributed by atoms with van der Waals surface area (Å²) in [5, 5.41) is 0. The number of carbonyl (C=O) groups excluding carboxylic acids is 1. The van der Waals surface area contributed by atoms with Crippen molar-refractivity contribution >= 4 is 5.97 Å². The average Bonchev–Trinajstić information content (AvgIpc) is 2.56. The van der Waals surface area contributed by atoms with Crippen LogP contribution in [0.1, 0.15) is 72.1 Å². The molecule has 0 aliphatic heterocycles. The molecule has 0 aromatic rings. The van der Waals surface area contributed by atoms with E-state index in [1.54, 1.807) is 0 Å². The maximum absolute atomic E-state index is 11.0. The van der Waals surface area contributed by atoms with Gasteiger partial charge in [0.1, 0.15) is 25.8 Å². The van der Waals surface area contributed by atoms with Crippen LogP contribution in [0.2, 0.25) is 0 Å². The molecule has 5 nitrogen and oxygen atoms in total. The molecule has 0 N–H and O–H groups in total. The first kappa shape index (κ1) is 25.4. The van der Waals surface area contributed by atoms with Crippen molar-refractivity contribution in [2.24, 2.45) is 0 Å². The molecule has 0 heterocycles. The van der Waals surface area contributed by atoms with Gasteiger partial charge in [0.05, 0.1) is 20.7 Å². The second-order valence-corrected chi connectivity index (χ2v) is 7.87. The van der Waals surface area contributed by atoms with Crippen molar-refractivity contribution in [2.45, 2.75) is 78.2 Å². The van der Waals surface area contributed by atoms with Crippen molar-refractivity contribution in [1.82, 2.24) is 0 Å². The fourth-order valence-corrected chi connectivity index (χ4v) is 2.86. The van der Waals surface area contributed by atoms with Crippen LogP contribution < -0.4 is 0 Å². The highest BCUT2D eigenvalue weighted by Gasteiger charge is 2.23. The van der Waals surface area contributed by atoms with Gasteiger partial charge in [0, 0.05) is 20.1 Å². The van der Waals surface area contributed by atoms with Crippen LogP contribution in [0.15, 0.2) is 0 Å². The quantitative estimate of drug-likeness (QED) is 0.205. The molecule has 0 aliphatic carbocycles. The third-order valence-corrected chi connectivity index (χ3v) is 4.50. The number of esters is 1. The standard InChI is InChI=1S/C21H44NO4/c1-6-8-10-12-15-24-19-21(26-16-13-11-9-7-2)18-22(4,5)14-17-25-20(3)23/h21H,6-19H2,1-5H3/q+1. The largest absolute Gasteiger partial charge is 0.460 e. The maximum atomic E-state index is 11.0. The summed E-state index contributed by atoms with van der Waals surface area (Å²) in [6.07, 6.45) is 9.84. The van der Waals surface area contributed by atoms with Crippen LogP contribution in [0.4, 0.5) is 0 Å². The Kier molecular flexibility index (Phi) is 16.1. The van der Waals surface area contributed by atoms with Gasteiger partial charge in [0.25, 0.3) is 0 Å². The minimum atomic E-state index is -0.218. The molecule has 0 radical (unpaired) electrons. The Morgan fingerprint density at radius 1 is 0.885 bits per heavy atom. The zero-order chi connectivity index (χ0) is 19.7. The van der Waals surface area contributed by atoms with Crippen LogP contribution in [0.25, 0.3) is 0 Å². The third kappa shape index (κ3) is 16.8. The summed E-state index contributed by atoms with van der Waals surface area (Å²) in [6.45, 7) is 10.3. The molecule has 0 saturated heterocycles. The van der Waals surface area contributed by atoms with Gasteiger partial charge in [0.15, 0.2) is 0 Å². The second kappa shape index (κ2) is 16.5. The summed E-state index contributed by atoms with van der Waals surface area (Å²) in [5.41, 5.74) is 0. The van der Waals surface area contributed by atoms with Gasteiger partial charge in [-0.05, 0) is 12.8 Å². The van der Waals surface area contributed by atoms with Gasteiger partial charge in [0.2, 0.25) is 0 Å². The Hall–Kier alpha value is -0.650. The minimum Gasteiger partial charge on any atom is -0.460 e. The van der Waals surface area contributed by atoms with E-state index < -0.39 is 0 Å². The number of ether oxygens (including phenoxy) is 3. The van der Waals surface area contributed by atoms with Gasteiger partial charge < -0.3 is 18.7 Å². The highest BCUT2D eigenvalue weighted by atomic mass is 16.5. The molecule has 0 aromatic carbocycles. The molecule has 0 spiro atoms. The van der Waals surface area contributed by atoms with Crippen LogP contribution in [-0.2, 0) is 19.0 Å². The van der Waals surface area contributed by atoms with E-state index in [9.17, 15) is 4.79 Å².